The average Bonchev–Trinajstić information content (AvgIpc) is 2.92. The molecule has 0 spiro atoms. The summed E-state index contributed by atoms with van der Waals surface area (Å²) in [5.74, 6) is 1.81. The number of amidine groups is 1. The maximum absolute atomic E-state index is 11.5. The van der Waals surface area contributed by atoms with E-state index < -0.39 is 11.4 Å². The number of aliphatic imine (C=N–C) groups is 1. The van der Waals surface area contributed by atoms with Crippen LogP contribution in [0.2, 0.25) is 0 Å². The Labute approximate surface area is 205 Å². The maximum atomic E-state index is 11.5. The number of nitrogens with zero attached hydrogens (tertiary/aromatic N) is 3. The third-order valence-corrected chi connectivity index (χ3v) is 6.31. The van der Waals surface area contributed by atoms with Gasteiger partial charge < -0.3 is 14.7 Å². The summed E-state index contributed by atoms with van der Waals surface area (Å²) < 4.78 is 7.31. The second kappa shape index (κ2) is 11.2. The number of carboxylic acids is 1. The van der Waals surface area contributed by atoms with Crippen LogP contribution in [-0.4, -0.2) is 59.4 Å². The van der Waals surface area contributed by atoms with Gasteiger partial charge in [0.05, 0.1) is 11.0 Å². The minimum absolute atomic E-state index is 0.540. The fraction of sp³-hybridized carbons (Fsp3) is 0.462. The normalized spacial score (nSPS) is 19.5. The second-order valence-electron chi connectivity index (χ2n) is 8.75. The number of carboxylic acid groups (broad SMARTS) is 1. The Morgan fingerprint density at radius 1 is 1.15 bits per heavy atom. The summed E-state index contributed by atoms with van der Waals surface area (Å²) in [4.78, 5) is 21.1. The standard InChI is InChI=1S/C24H28BrN3O3.C2H6/c1-24(2,23(29)30)16-27-11-13-28(14-12-27)22-18-15-17(25)9-10-20(18)31-21-8-6-4-3-5-7-19(21)26-22;1-2/h4-7,9-10,15H,3,8,11-14,16H2,1-2H3,(H,29,30);1-2H3/b6-4-,7-5?;. The van der Waals surface area contributed by atoms with Gasteiger partial charge in [0.25, 0.3) is 0 Å². The van der Waals surface area contributed by atoms with Crippen molar-refractivity contribution in [2.24, 2.45) is 10.4 Å². The van der Waals surface area contributed by atoms with E-state index in [1.165, 1.54) is 0 Å². The molecule has 1 fully saturated rings. The zero-order valence-corrected chi connectivity index (χ0v) is 21.6. The molecule has 178 valence electrons. The minimum Gasteiger partial charge on any atom is -0.481 e. The van der Waals surface area contributed by atoms with Gasteiger partial charge in [-0.3, -0.25) is 9.69 Å². The highest BCUT2D eigenvalue weighted by Crippen LogP contribution is 2.33. The molecule has 2 heterocycles. The third-order valence-electron chi connectivity index (χ3n) is 5.82. The molecule has 0 aromatic heterocycles. The van der Waals surface area contributed by atoms with Crippen LogP contribution in [-0.2, 0) is 4.79 Å². The van der Waals surface area contributed by atoms with Gasteiger partial charge in [-0.25, -0.2) is 4.99 Å². The lowest BCUT2D eigenvalue weighted by Gasteiger charge is -2.39. The van der Waals surface area contributed by atoms with E-state index in [1.807, 2.05) is 32.1 Å². The van der Waals surface area contributed by atoms with Crippen molar-refractivity contribution in [2.75, 3.05) is 32.7 Å². The first kappa shape index (κ1) is 25.2. The van der Waals surface area contributed by atoms with Gasteiger partial charge in [0, 0.05) is 43.6 Å². The quantitative estimate of drug-likeness (QED) is 0.541. The molecule has 4 rings (SSSR count). The Kier molecular flexibility index (Phi) is 8.54. The van der Waals surface area contributed by atoms with Gasteiger partial charge in [-0.05, 0) is 44.5 Å². The zero-order valence-electron chi connectivity index (χ0n) is 20.0. The van der Waals surface area contributed by atoms with Gasteiger partial charge in [0.1, 0.15) is 23.0 Å². The number of hydrogen-bond donors (Lipinski definition) is 1. The van der Waals surface area contributed by atoms with E-state index in [1.54, 1.807) is 13.8 Å². The summed E-state index contributed by atoms with van der Waals surface area (Å²) in [5, 5.41) is 9.46. The van der Waals surface area contributed by atoms with Crippen molar-refractivity contribution in [1.29, 1.82) is 0 Å². The third kappa shape index (κ3) is 6.15. The lowest BCUT2D eigenvalue weighted by molar-refractivity contribution is -0.148. The van der Waals surface area contributed by atoms with Crippen LogP contribution in [0.5, 0.6) is 5.75 Å². The van der Waals surface area contributed by atoms with Crippen LogP contribution in [0.1, 0.15) is 46.1 Å². The van der Waals surface area contributed by atoms with E-state index in [9.17, 15) is 9.90 Å². The van der Waals surface area contributed by atoms with Crippen LogP contribution < -0.4 is 4.74 Å². The summed E-state index contributed by atoms with van der Waals surface area (Å²) in [6, 6.07) is 6.04. The van der Waals surface area contributed by atoms with Crippen LogP contribution in [0.15, 0.2) is 63.4 Å². The lowest BCUT2D eigenvalue weighted by atomic mass is 9.93. The highest BCUT2D eigenvalue weighted by molar-refractivity contribution is 9.10. The van der Waals surface area contributed by atoms with Crippen LogP contribution in [0.25, 0.3) is 0 Å². The summed E-state index contributed by atoms with van der Waals surface area (Å²) in [6.07, 6.45) is 10.0. The molecule has 1 aliphatic carbocycles. The molecule has 2 aliphatic heterocycles. The largest absolute Gasteiger partial charge is 0.481 e. The first-order valence-electron chi connectivity index (χ1n) is 11.7. The molecule has 1 saturated heterocycles. The van der Waals surface area contributed by atoms with E-state index in [4.69, 9.17) is 9.73 Å². The van der Waals surface area contributed by atoms with Gasteiger partial charge in [0.2, 0.25) is 0 Å². The molecule has 3 aliphatic rings. The van der Waals surface area contributed by atoms with Crippen molar-refractivity contribution in [3.63, 3.8) is 0 Å². The van der Waals surface area contributed by atoms with Crippen molar-refractivity contribution in [3.8, 4) is 5.75 Å². The molecular formula is C26H34BrN3O3. The molecule has 1 aromatic carbocycles. The first-order chi connectivity index (χ1) is 15.8. The predicted octanol–water partition coefficient (Wildman–Crippen LogP) is 5.46. The topological polar surface area (TPSA) is 65.4 Å². The number of fused-ring (bicyclic) bond motifs is 1. The number of carbonyl (C=O) groups is 1. The monoisotopic (exact) mass is 515 g/mol. The fourth-order valence-electron chi connectivity index (χ4n) is 3.99. The van der Waals surface area contributed by atoms with Crippen LogP contribution in [0.4, 0.5) is 0 Å². The van der Waals surface area contributed by atoms with Gasteiger partial charge in [-0.1, -0.05) is 48.0 Å². The summed E-state index contributed by atoms with van der Waals surface area (Å²) in [6.45, 7) is 11.3. The molecule has 6 nitrogen and oxygen atoms in total. The molecule has 0 radical (unpaired) electrons. The maximum Gasteiger partial charge on any atom is 0.310 e. The van der Waals surface area contributed by atoms with Crippen molar-refractivity contribution in [1.82, 2.24) is 9.80 Å². The highest BCUT2D eigenvalue weighted by Gasteiger charge is 2.32. The van der Waals surface area contributed by atoms with E-state index in [0.717, 1.165) is 65.7 Å². The van der Waals surface area contributed by atoms with Crippen molar-refractivity contribution in [2.45, 2.75) is 40.5 Å². The Balaban J connectivity index is 0.00000149. The number of allylic oxidation sites excluding steroid dienone is 4. The number of halogens is 1. The minimum atomic E-state index is -0.761. The average molecular weight is 516 g/mol. The molecule has 0 atom stereocenters. The van der Waals surface area contributed by atoms with Gasteiger partial charge in [-0.2, -0.15) is 0 Å². The molecule has 33 heavy (non-hydrogen) atoms. The van der Waals surface area contributed by atoms with Crippen molar-refractivity contribution < 1.29 is 14.6 Å². The number of aliphatic carboxylic acids is 1. The Morgan fingerprint density at radius 2 is 1.88 bits per heavy atom. The Morgan fingerprint density at radius 3 is 2.58 bits per heavy atom. The van der Waals surface area contributed by atoms with Crippen molar-refractivity contribution in [3.05, 3.63) is 64.0 Å². The molecule has 0 unspecified atom stereocenters. The highest BCUT2D eigenvalue weighted by atomic mass is 79.9. The predicted molar refractivity (Wildman–Crippen MR) is 137 cm³/mol. The summed E-state index contributed by atoms with van der Waals surface area (Å²) in [7, 11) is 0. The molecule has 0 bridgehead atoms. The number of hydrogen-bond acceptors (Lipinski definition) is 5. The van der Waals surface area contributed by atoms with E-state index in [2.05, 4.69) is 50.0 Å². The SMILES string of the molecule is CC.CC(C)(CN1CCN(C2=NC3=C(C/C=C\CC=C3)Oc3ccc(Br)cc32)CC1)C(=O)O. The first-order valence-corrected chi connectivity index (χ1v) is 12.4. The van der Waals surface area contributed by atoms with E-state index in [-0.39, 0.29) is 0 Å². The number of rotatable bonds is 3. The van der Waals surface area contributed by atoms with E-state index in [0.29, 0.717) is 13.0 Å². The Hall–Kier alpha value is -2.38. The van der Waals surface area contributed by atoms with Crippen LogP contribution >= 0.6 is 15.9 Å². The Bertz CT molecular complexity index is 986. The molecule has 1 aromatic rings. The number of benzene rings is 1. The molecular weight excluding hydrogens is 482 g/mol. The molecule has 7 heteroatoms. The van der Waals surface area contributed by atoms with Gasteiger partial charge >= 0.3 is 5.97 Å². The number of ether oxygens (including phenoxy) is 1. The zero-order chi connectivity index (χ0) is 24.0. The van der Waals surface area contributed by atoms with Gasteiger partial charge in [-0.15, -0.1) is 0 Å². The fourth-order valence-corrected chi connectivity index (χ4v) is 4.36. The molecule has 0 saturated carbocycles. The number of piperazine rings is 1. The van der Waals surface area contributed by atoms with Crippen molar-refractivity contribution >= 4 is 27.7 Å². The lowest BCUT2D eigenvalue weighted by Crippen LogP contribution is -2.52. The molecule has 1 N–H and O–H groups in total. The smallest absolute Gasteiger partial charge is 0.310 e. The molecule has 0 amide bonds. The van der Waals surface area contributed by atoms with Crippen LogP contribution in [0, 0.1) is 5.41 Å². The second-order valence-corrected chi connectivity index (χ2v) is 9.67. The van der Waals surface area contributed by atoms with Gasteiger partial charge in [0.15, 0.2) is 0 Å². The summed E-state index contributed by atoms with van der Waals surface area (Å²) in [5.41, 5.74) is 1.07. The summed E-state index contributed by atoms with van der Waals surface area (Å²) >= 11 is 3.59. The van der Waals surface area contributed by atoms with E-state index >= 15 is 0 Å². The van der Waals surface area contributed by atoms with Crippen LogP contribution in [0.3, 0.4) is 0 Å².